The molecule has 108 valence electrons. The second kappa shape index (κ2) is 6.56. The number of benzene rings is 1. The Balaban J connectivity index is 1.98. The fourth-order valence-electron chi connectivity index (χ4n) is 2.66. The van der Waals surface area contributed by atoms with Gasteiger partial charge in [0.2, 0.25) is 5.91 Å². The summed E-state index contributed by atoms with van der Waals surface area (Å²) in [4.78, 5) is 25.2. The Morgan fingerprint density at radius 2 is 2.10 bits per heavy atom. The lowest BCUT2D eigenvalue weighted by molar-refractivity contribution is -0.148. The fraction of sp³-hybridized carbons (Fsp3) is 0.467. The molecule has 2 atom stereocenters. The third kappa shape index (κ3) is 3.50. The zero-order chi connectivity index (χ0) is 14.7. The van der Waals surface area contributed by atoms with Crippen LogP contribution in [-0.4, -0.2) is 35.0 Å². The first-order valence-electron chi connectivity index (χ1n) is 6.73. The normalized spacial score (nSPS) is 22.6. The molecule has 1 aliphatic rings. The predicted octanol–water partition coefficient (Wildman–Crippen LogP) is 2.40. The van der Waals surface area contributed by atoms with Crippen molar-refractivity contribution < 1.29 is 14.7 Å². The maximum atomic E-state index is 12.3. The molecular weight excluding hydrogens is 369 g/mol. The number of rotatable bonds is 3. The van der Waals surface area contributed by atoms with Crippen LogP contribution in [-0.2, 0) is 16.0 Å². The highest BCUT2D eigenvalue weighted by atomic mass is 127. The van der Waals surface area contributed by atoms with Crippen molar-refractivity contribution in [3.05, 3.63) is 33.4 Å². The van der Waals surface area contributed by atoms with E-state index in [1.807, 2.05) is 31.2 Å². The van der Waals surface area contributed by atoms with Crippen LogP contribution >= 0.6 is 22.6 Å². The van der Waals surface area contributed by atoms with Gasteiger partial charge in [0.25, 0.3) is 0 Å². The molecule has 2 unspecified atom stereocenters. The van der Waals surface area contributed by atoms with Crippen molar-refractivity contribution in [2.45, 2.75) is 19.8 Å². The van der Waals surface area contributed by atoms with Crippen LogP contribution in [0, 0.1) is 15.4 Å². The molecule has 1 N–H and O–H groups in total. The molecule has 0 saturated carbocycles. The molecule has 1 fully saturated rings. The summed E-state index contributed by atoms with van der Waals surface area (Å²) in [5, 5.41) is 9.10. The summed E-state index contributed by atoms with van der Waals surface area (Å²) in [6.45, 7) is 2.99. The molecule has 1 aliphatic heterocycles. The predicted molar refractivity (Wildman–Crippen MR) is 84.3 cm³/mol. The van der Waals surface area contributed by atoms with Crippen LogP contribution in [0.3, 0.4) is 0 Å². The van der Waals surface area contributed by atoms with E-state index in [1.165, 1.54) is 0 Å². The minimum atomic E-state index is -0.748. The minimum Gasteiger partial charge on any atom is -0.481 e. The Labute approximate surface area is 132 Å². The smallest absolute Gasteiger partial charge is 0.306 e. The van der Waals surface area contributed by atoms with Crippen molar-refractivity contribution in [2.24, 2.45) is 11.8 Å². The van der Waals surface area contributed by atoms with Gasteiger partial charge < -0.3 is 10.0 Å². The number of piperidine rings is 1. The van der Waals surface area contributed by atoms with Crippen molar-refractivity contribution in [1.29, 1.82) is 0 Å². The van der Waals surface area contributed by atoms with E-state index in [0.29, 0.717) is 25.9 Å². The van der Waals surface area contributed by atoms with E-state index in [0.717, 1.165) is 9.13 Å². The summed E-state index contributed by atoms with van der Waals surface area (Å²) in [5.74, 6) is -0.969. The van der Waals surface area contributed by atoms with Crippen LogP contribution in [0.2, 0.25) is 0 Å². The molecule has 1 aromatic carbocycles. The fourth-order valence-corrected chi connectivity index (χ4v) is 3.23. The lowest BCUT2D eigenvalue weighted by Gasteiger charge is -2.35. The second-order valence-electron chi connectivity index (χ2n) is 5.32. The van der Waals surface area contributed by atoms with E-state index in [4.69, 9.17) is 5.11 Å². The van der Waals surface area contributed by atoms with Gasteiger partial charge in [0.1, 0.15) is 0 Å². The minimum absolute atomic E-state index is 0.0139. The van der Waals surface area contributed by atoms with Gasteiger partial charge in [-0.1, -0.05) is 25.1 Å². The molecule has 1 saturated heterocycles. The summed E-state index contributed by atoms with van der Waals surface area (Å²) >= 11 is 2.23. The lowest BCUT2D eigenvalue weighted by Crippen LogP contribution is -2.45. The lowest BCUT2D eigenvalue weighted by atomic mass is 9.87. The van der Waals surface area contributed by atoms with Crippen LogP contribution in [0.5, 0.6) is 0 Å². The summed E-state index contributed by atoms with van der Waals surface area (Å²) in [5.41, 5.74) is 1.03. The molecule has 5 heteroatoms. The number of aliphatic carboxylic acids is 1. The summed E-state index contributed by atoms with van der Waals surface area (Å²) < 4.78 is 1.09. The molecule has 1 aromatic rings. The largest absolute Gasteiger partial charge is 0.481 e. The van der Waals surface area contributed by atoms with Gasteiger partial charge in [-0.25, -0.2) is 0 Å². The number of likely N-dealkylation sites (tertiary alicyclic amines) is 1. The highest BCUT2D eigenvalue weighted by molar-refractivity contribution is 14.1. The topological polar surface area (TPSA) is 57.6 Å². The van der Waals surface area contributed by atoms with Crippen LogP contribution in [0.1, 0.15) is 18.9 Å². The number of nitrogens with zero attached hydrogens (tertiary/aromatic N) is 1. The van der Waals surface area contributed by atoms with Crippen LogP contribution in [0.4, 0.5) is 0 Å². The summed E-state index contributed by atoms with van der Waals surface area (Å²) in [6.07, 6.45) is 0.942. The first kappa shape index (κ1) is 15.3. The highest BCUT2D eigenvalue weighted by Crippen LogP contribution is 2.24. The Kier molecular flexibility index (Phi) is 5.01. The first-order valence-corrected chi connectivity index (χ1v) is 7.81. The monoisotopic (exact) mass is 387 g/mol. The average Bonchev–Trinajstić information content (AvgIpc) is 2.40. The number of amides is 1. The van der Waals surface area contributed by atoms with Gasteiger partial charge in [-0.2, -0.15) is 0 Å². The Morgan fingerprint density at radius 1 is 1.40 bits per heavy atom. The quantitative estimate of drug-likeness (QED) is 0.811. The molecule has 0 radical (unpaired) electrons. The highest BCUT2D eigenvalue weighted by Gasteiger charge is 2.32. The van der Waals surface area contributed by atoms with E-state index in [1.54, 1.807) is 4.90 Å². The Bertz CT molecular complexity index is 518. The zero-order valence-corrected chi connectivity index (χ0v) is 13.5. The van der Waals surface area contributed by atoms with Crippen molar-refractivity contribution in [3.63, 3.8) is 0 Å². The molecule has 2 rings (SSSR count). The molecule has 1 amide bonds. The first-order chi connectivity index (χ1) is 9.49. The Hall–Kier alpha value is -1.11. The van der Waals surface area contributed by atoms with Gasteiger partial charge in [0.15, 0.2) is 0 Å². The van der Waals surface area contributed by atoms with Gasteiger partial charge in [0, 0.05) is 16.7 Å². The average molecular weight is 387 g/mol. The van der Waals surface area contributed by atoms with E-state index >= 15 is 0 Å². The maximum absolute atomic E-state index is 12.3. The summed E-state index contributed by atoms with van der Waals surface area (Å²) in [6, 6.07) is 7.84. The second-order valence-corrected chi connectivity index (χ2v) is 6.48. The van der Waals surface area contributed by atoms with Crippen molar-refractivity contribution in [3.8, 4) is 0 Å². The molecule has 0 aliphatic carbocycles. The van der Waals surface area contributed by atoms with E-state index in [2.05, 4.69) is 22.6 Å². The van der Waals surface area contributed by atoms with Crippen LogP contribution < -0.4 is 0 Å². The SMILES string of the molecule is CC1CN(C(=O)Cc2ccccc2I)CCC1C(=O)O. The van der Waals surface area contributed by atoms with Gasteiger partial charge >= 0.3 is 5.97 Å². The van der Waals surface area contributed by atoms with Gasteiger partial charge in [0.05, 0.1) is 12.3 Å². The number of hydrogen-bond donors (Lipinski definition) is 1. The van der Waals surface area contributed by atoms with E-state index in [9.17, 15) is 9.59 Å². The molecule has 0 aromatic heterocycles. The standard InChI is InChI=1S/C15H18INO3/c1-10-9-17(7-6-12(10)15(19)20)14(18)8-11-4-2-3-5-13(11)16/h2-5,10,12H,6-9H2,1H3,(H,19,20). The number of carboxylic acids is 1. The summed E-state index contributed by atoms with van der Waals surface area (Å²) in [7, 11) is 0. The van der Waals surface area contributed by atoms with Gasteiger partial charge in [-0.05, 0) is 46.6 Å². The third-order valence-corrected chi connectivity index (χ3v) is 4.93. The van der Waals surface area contributed by atoms with E-state index < -0.39 is 5.97 Å². The maximum Gasteiger partial charge on any atom is 0.306 e. The molecule has 0 spiro atoms. The Morgan fingerprint density at radius 3 is 2.70 bits per heavy atom. The molecule has 20 heavy (non-hydrogen) atoms. The molecular formula is C15H18INO3. The third-order valence-electron chi connectivity index (χ3n) is 3.87. The van der Waals surface area contributed by atoms with Crippen LogP contribution in [0.25, 0.3) is 0 Å². The number of carboxylic acid groups (broad SMARTS) is 1. The van der Waals surface area contributed by atoms with Gasteiger partial charge in [-0.15, -0.1) is 0 Å². The van der Waals surface area contributed by atoms with E-state index in [-0.39, 0.29) is 17.7 Å². The van der Waals surface area contributed by atoms with Crippen molar-refractivity contribution in [1.82, 2.24) is 4.90 Å². The van der Waals surface area contributed by atoms with Gasteiger partial charge in [-0.3, -0.25) is 9.59 Å². The number of halogens is 1. The zero-order valence-electron chi connectivity index (χ0n) is 11.4. The van der Waals surface area contributed by atoms with Crippen molar-refractivity contribution in [2.75, 3.05) is 13.1 Å². The number of hydrogen-bond acceptors (Lipinski definition) is 2. The van der Waals surface area contributed by atoms with Crippen LogP contribution in [0.15, 0.2) is 24.3 Å². The molecule has 0 bridgehead atoms. The number of carbonyl (C=O) groups excluding carboxylic acids is 1. The molecule has 1 heterocycles. The molecule has 4 nitrogen and oxygen atoms in total. The van der Waals surface area contributed by atoms with Crippen molar-refractivity contribution >= 4 is 34.5 Å². The number of carbonyl (C=O) groups is 2.